The molecule has 3 aromatic rings. The third-order valence-corrected chi connectivity index (χ3v) is 4.42. The van der Waals surface area contributed by atoms with Crippen LogP contribution in [0.1, 0.15) is 17.1 Å². The van der Waals surface area contributed by atoms with Gasteiger partial charge in [0.25, 0.3) is 0 Å². The van der Waals surface area contributed by atoms with Crippen LogP contribution in [-0.4, -0.2) is 14.7 Å². The molecular weight excluding hydrogens is 298 g/mol. The molecule has 0 saturated carbocycles. The van der Waals surface area contributed by atoms with E-state index in [1.807, 2.05) is 48.7 Å². The summed E-state index contributed by atoms with van der Waals surface area (Å²) in [7, 11) is 0. The SMILES string of the molecule is Cc1c(-c2ccccc2)nc2n1CN(c1cccc(CO)c1)C=C2. The molecule has 120 valence electrons. The Morgan fingerprint density at radius 3 is 2.71 bits per heavy atom. The lowest BCUT2D eigenvalue weighted by atomic mass is 10.1. The van der Waals surface area contributed by atoms with Gasteiger partial charge in [-0.05, 0) is 30.7 Å². The van der Waals surface area contributed by atoms with Crippen molar-refractivity contribution in [1.82, 2.24) is 9.55 Å². The van der Waals surface area contributed by atoms with Crippen LogP contribution in [0, 0.1) is 6.92 Å². The van der Waals surface area contributed by atoms with E-state index in [4.69, 9.17) is 4.98 Å². The van der Waals surface area contributed by atoms with Crippen molar-refractivity contribution in [3.8, 4) is 11.3 Å². The lowest BCUT2D eigenvalue weighted by molar-refractivity contribution is 0.282. The van der Waals surface area contributed by atoms with Crippen LogP contribution >= 0.6 is 0 Å². The largest absolute Gasteiger partial charge is 0.392 e. The highest BCUT2D eigenvalue weighted by atomic mass is 16.3. The van der Waals surface area contributed by atoms with Crippen LogP contribution in [0.4, 0.5) is 5.69 Å². The van der Waals surface area contributed by atoms with Gasteiger partial charge in [-0.2, -0.15) is 0 Å². The van der Waals surface area contributed by atoms with Crippen molar-refractivity contribution < 1.29 is 5.11 Å². The Bertz CT molecular complexity index is 897. The summed E-state index contributed by atoms with van der Waals surface area (Å²) in [6.45, 7) is 2.88. The second-order valence-electron chi connectivity index (χ2n) is 5.95. The van der Waals surface area contributed by atoms with E-state index in [0.717, 1.165) is 34.0 Å². The Balaban J connectivity index is 1.69. The van der Waals surface area contributed by atoms with Crippen LogP contribution in [0.5, 0.6) is 0 Å². The maximum absolute atomic E-state index is 9.34. The number of rotatable bonds is 3. The van der Waals surface area contributed by atoms with Crippen molar-refractivity contribution in [3.05, 3.63) is 77.9 Å². The molecule has 0 radical (unpaired) electrons. The summed E-state index contributed by atoms with van der Waals surface area (Å²) in [5, 5.41) is 9.34. The zero-order valence-corrected chi connectivity index (χ0v) is 13.6. The summed E-state index contributed by atoms with van der Waals surface area (Å²) in [5.41, 5.74) is 5.31. The third kappa shape index (κ3) is 2.51. The Morgan fingerprint density at radius 1 is 1.08 bits per heavy atom. The quantitative estimate of drug-likeness (QED) is 0.799. The first-order valence-electron chi connectivity index (χ1n) is 8.03. The molecule has 24 heavy (non-hydrogen) atoms. The molecule has 1 N–H and O–H groups in total. The minimum Gasteiger partial charge on any atom is -0.392 e. The van der Waals surface area contributed by atoms with Gasteiger partial charge in [0.1, 0.15) is 12.5 Å². The molecule has 4 nitrogen and oxygen atoms in total. The first-order valence-corrected chi connectivity index (χ1v) is 8.03. The number of benzene rings is 2. The Hall–Kier alpha value is -2.85. The van der Waals surface area contributed by atoms with E-state index in [9.17, 15) is 5.11 Å². The molecule has 4 rings (SSSR count). The topological polar surface area (TPSA) is 41.3 Å². The minimum absolute atomic E-state index is 0.0545. The van der Waals surface area contributed by atoms with Crippen molar-refractivity contribution in [1.29, 1.82) is 0 Å². The summed E-state index contributed by atoms with van der Waals surface area (Å²) >= 11 is 0. The number of hydrogen-bond acceptors (Lipinski definition) is 3. The molecule has 0 atom stereocenters. The average molecular weight is 317 g/mol. The molecule has 4 heteroatoms. The molecule has 2 aromatic carbocycles. The van der Waals surface area contributed by atoms with Crippen molar-refractivity contribution in [2.24, 2.45) is 0 Å². The summed E-state index contributed by atoms with van der Waals surface area (Å²) < 4.78 is 2.22. The summed E-state index contributed by atoms with van der Waals surface area (Å²) in [4.78, 5) is 6.95. The third-order valence-electron chi connectivity index (χ3n) is 4.42. The second kappa shape index (κ2) is 5.98. The summed E-state index contributed by atoms with van der Waals surface area (Å²) in [6, 6.07) is 18.2. The highest BCUT2D eigenvalue weighted by Gasteiger charge is 2.19. The van der Waals surface area contributed by atoms with Crippen molar-refractivity contribution in [2.75, 3.05) is 4.90 Å². The lowest BCUT2D eigenvalue weighted by Gasteiger charge is -2.26. The predicted octanol–water partition coefficient (Wildman–Crippen LogP) is 3.80. The maximum atomic E-state index is 9.34. The lowest BCUT2D eigenvalue weighted by Crippen LogP contribution is -2.25. The average Bonchev–Trinajstić information content (AvgIpc) is 2.99. The molecule has 0 fully saturated rings. The smallest absolute Gasteiger partial charge is 0.136 e. The summed E-state index contributed by atoms with van der Waals surface area (Å²) in [6.07, 6.45) is 4.08. The van der Waals surface area contributed by atoms with Gasteiger partial charge in [-0.25, -0.2) is 4.98 Å². The minimum atomic E-state index is 0.0545. The summed E-state index contributed by atoms with van der Waals surface area (Å²) in [5.74, 6) is 0.973. The van der Waals surface area contributed by atoms with E-state index < -0.39 is 0 Å². The van der Waals surface area contributed by atoms with Gasteiger partial charge in [0.05, 0.1) is 12.3 Å². The number of aromatic nitrogens is 2. The number of nitrogens with zero attached hydrogens (tertiary/aromatic N) is 3. The van der Waals surface area contributed by atoms with Gasteiger partial charge >= 0.3 is 0 Å². The van der Waals surface area contributed by atoms with Crippen LogP contribution in [0.2, 0.25) is 0 Å². The molecule has 0 unspecified atom stereocenters. The Labute approximate surface area is 141 Å². The molecule has 2 heterocycles. The van der Waals surface area contributed by atoms with E-state index in [1.54, 1.807) is 0 Å². The van der Waals surface area contributed by atoms with Crippen molar-refractivity contribution >= 4 is 11.8 Å². The van der Waals surface area contributed by atoms with E-state index in [2.05, 4.69) is 34.6 Å². The molecule has 0 aliphatic carbocycles. The van der Waals surface area contributed by atoms with Crippen LogP contribution in [0.25, 0.3) is 17.3 Å². The molecule has 0 spiro atoms. The molecule has 0 amide bonds. The fourth-order valence-corrected chi connectivity index (χ4v) is 3.09. The molecule has 0 saturated heterocycles. The Kier molecular flexibility index (Phi) is 3.67. The van der Waals surface area contributed by atoms with E-state index in [0.29, 0.717) is 6.67 Å². The monoisotopic (exact) mass is 317 g/mol. The van der Waals surface area contributed by atoms with Gasteiger partial charge < -0.3 is 14.6 Å². The molecule has 1 aromatic heterocycles. The number of hydrogen-bond donors (Lipinski definition) is 1. The van der Waals surface area contributed by atoms with Gasteiger partial charge in [0.15, 0.2) is 0 Å². The van der Waals surface area contributed by atoms with Crippen LogP contribution in [0.15, 0.2) is 60.8 Å². The van der Waals surface area contributed by atoms with E-state index >= 15 is 0 Å². The van der Waals surface area contributed by atoms with Gasteiger partial charge in [0.2, 0.25) is 0 Å². The zero-order chi connectivity index (χ0) is 16.5. The van der Waals surface area contributed by atoms with Gasteiger partial charge in [-0.3, -0.25) is 0 Å². The standard InChI is InChI=1S/C20H19N3O/c1-15-20(17-7-3-2-4-8-17)21-19-10-11-22(14-23(15)19)18-9-5-6-16(12-18)13-24/h2-12,24H,13-14H2,1H3. The van der Waals surface area contributed by atoms with E-state index in [1.165, 1.54) is 0 Å². The Morgan fingerprint density at radius 2 is 1.92 bits per heavy atom. The molecule has 0 bridgehead atoms. The van der Waals surface area contributed by atoms with Crippen molar-refractivity contribution in [3.63, 3.8) is 0 Å². The van der Waals surface area contributed by atoms with Gasteiger partial charge in [0, 0.05) is 23.1 Å². The highest BCUT2D eigenvalue weighted by Crippen LogP contribution is 2.28. The second-order valence-corrected chi connectivity index (χ2v) is 5.95. The molecule has 1 aliphatic heterocycles. The fraction of sp³-hybridized carbons (Fsp3) is 0.150. The molecular formula is C20H19N3O. The van der Waals surface area contributed by atoms with E-state index in [-0.39, 0.29) is 6.61 Å². The number of aliphatic hydroxyl groups is 1. The first kappa shape index (κ1) is 14.7. The number of imidazole rings is 1. The van der Waals surface area contributed by atoms with Crippen LogP contribution in [-0.2, 0) is 13.3 Å². The van der Waals surface area contributed by atoms with Gasteiger partial charge in [-0.1, -0.05) is 42.5 Å². The van der Waals surface area contributed by atoms with Gasteiger partial charge in [-0.15, -0.1) is 0 Å². The highest BCUT2D eigenvalue weighted by molar-refractivity contribution is 5.66. The molecule has 1 aliphatic rings. The van der Waals surface area contributed by atoms with Crippen LogP contribution < -0.4 is 4.90 Å². The van der Waals surface area contributed by atoms with Crippen LogP contribution in [0.3, 0.4) is 0 Å². The number of aliphatic hydroxyl groups excluding tert-OH is 1. The maximum Gasteiger partial charge on any atom is 0.136 e. The zero-order valence-electron chi connectivity index (χ0n) is 13.6. The van der Waals surface area contributed by atoms with Crippen molar-refractivity contribution in [2.45, 2.75) is 20.2 Å². The predicted molar refractivity (Wildman–Crippen MR) is 96.3 cm³/mol. The number of fused-ring (bicyclic) bond motifs is 1. The fourth-order valence-electron chi connectivity index (χ4n) is 3.09. The number of anilines is 1. The first-order chi connectivity index (χ1) is 11.8. The normalized spacial score (nSPS) is 13.2.